The van der Waals surface area contributed by atoms with Crippen LogP contribution in [0.3, 0.4) is 0 Å². The summed E-state index contributed by atoms with van der Waals surface area (Å²) in [7, 11) is 0. The number of nitrogens with two attached hydrogens (primary N) is 1. The van der Waals surface area contributed by atoms with Crippen LogP contribution in [0.25, 0.3) is 0 Å². The van der Waals surface area contributed by atoms with Gasteiger partial charge in [0.1, 0.15) is 0 Å². The number of ether oxygens (including phenoxy) is 1. The van der Waals surface area contributed by atoms with E-state index in [1.165, 1.54) is 0 Å². The molecule has 0 radical (unpaired) electrons. The van der Waals surface area contributed by atoms with Crippen molar-refractivity contribution >= 4 is 6.03 Å². The molecule has 1 fully saturated rings. The zero-order valence-corrected chi connectivity index (χ0v) is 9.71. The van der Waals surface area contributed by atoms with Crippen LogP contribution in [0, 0.1) is 0 Å². The highest BCUT2D eigenvalue weighted by Gasteiger charge is 2.09. The standard InChI is InChI=1S/C10H22N4O2/c11-2-1-3-12-10(15)13-4-5-14-6-8-16-9-7-14/h1-9,11H2,(H2,12,13,15). The topological polar surface area (TPSA) is 79.6 Å². The summed E-state index contributed by atoms with van der Waals surface area (Å²) in [6.07, 6.45) is 0.816. The number of hydrogen-bond donors (Lipinski definition) is 3. The highest BCUT2D eigenvalue weighted by molar-refractivity contribution is 5.73. The van der Waals surface area contributed by atoms with E-state index in [9.17, 15) is 4.79 Å². The van der Waals surface area contributed by atoms with Crippen molar-refractivity contribution in [3.05, 3.63) is 0 Å². The molecule has 1 aliphatic heterocycles. The lowest BCUT2D eigenvalue weighted by molar-refractivity contribution is 0.0387. The van der Waals surface area contributed by atoms with Gasteiger partial charge in [0.2, 0.25) is 0 Å². The van der Waals surface area contributed by atoms with Crippen LogP contribution in [0.4, 0.5) is 4.79 Å². The molecule has 6 nitrogen and oxygen atoms in total. The molecule has 0 aromatic rings. The van der Waals surface area contributed by atoms with Gasteiger partial charge in [-0.15, -0.1) is 0 Å². The lowest BCUT2D eigenvalue weighted by atomic mass is 10.4. The second-order valence-electron chi connectivity index (χ2n) is 3.78. The van der Waals surface area contributed by atoms with Crippen LogP contribution in [0.5, 0.6) is 0 Å². The first-order valence-electron chi connectivity index (χ1n) is 5.85. The van der Waals surface area contributed by atoms with Crippen molar-refractivity contribution in [2.75, 3.05) is 52.5 Å². The van der Waals surface area contributed by atoms with Crippen LogP contribution in [-0.2, 0) is 4.74 Å². The first-order valence-corrected chi connectivity index (χ1v) is 5.85. The maximum atomic E-state index is 11.3. The summed E-state index contributed by atoms with van der Waals surface area (Å²) >= 11 is 0. The van der Waals surface area contributed by atoms with E-state index in [0.29, 0.717) is 19.6 Å². The molecule has 0 bridgehead atoms. The third-order valence-electron chi connectivity index (χ3n) is 2.48. The largest absolute Gasteiger partial charge is 0.379 e. The van der Waals surface area contributed by atoms with Gasteiger partial charge in [0.15, 0.2) is 0 Å². The second-order valence-corrected chi connectivity index (χ2v) is 3.78. The highest BCUT2D eigenvalue weighted by Crippen LogP contribution is 1.94. The minimum atomic E-state index is -0.110. The Balaban J connectivity index is 1.94. The summed E-state index contributed by atoms with van der Waals surface area (Å²) in [5.41, 5.74) is 5.32. The lowest BCUT2D eigenvalue weighted by Gasteiger charge is -2.26. The summed E-state index contributed by atoms with van der Waals surface area (Å²) in [6, 6.07) is -0.110. The van der Waals surface area contributed by atoms with Crippen molar-refractivity contribution in [1.29, 1.82) is 0 Å². The Morgan fingerprint density at radius 3 is 2.62 bits per heavy atom. The fourth-order valence-electron chi connectivity index (χ4n) is 1.52. The molecule has 16 heavy (non-hydrogen) atoms. The summed E-state index contributed by atoms with van der Waals surface area (Å²) in [5, 5.41) is 5.56. The van der Waals surface area contributed by atoms with Crippen LogP contribution in [-0.4, -0.2) is 63.4 Å². The van der Waals surface area contributed by atoms with Crippen molar-refractivity contribution < 1.29 is 9.53 Å². The molecule has 6 heteroatoms. The molecule has 1 aliphatic rings. The first-order chi connectivity index (χ1) is 7.83. The molecular formula is C10H22N4O2. The maximum Gasteiger partial charge on any atom is 0.314 e. The van der Waals surface area contributed by atoms with Gasteiger partial charge in [-0.1, -0.05) is 0 Å². The molecule has 1 saturated heterocycles. The van der Waals surface area contributed by atoms with Crippen LogP contribution in [0.15, 0.2) is 0 Å². The van der Waals surface area contributed by atoms with Crippen LogP contribution >= 0.6 is 0 Å². The van der Waals surface area contributed by atoms with E-state index in [2.05, 4.69) is 15.5 Å². The van der Waals surface area contributed by atoms with Gasteiger partial charge < -0.3 is 21.1 Å². The second kappa shape index (κ2) is 8.32. The molecule has 2 amide bonds. The zero-order chi connectivity index (χ0) is 11.6. The number of carbonyl (C=O) groups is 1. The minimum Gasteiger partial charge on any atom is -0.379 e. The monoisotopic (exact) mass is 230 g/mol. The summed E-state index contributed by atoms with van der Waals surface area (Å²) < 4.78 is 5.24. The number of urea groups is 1. The Kier molecular flexibility index (Phi) is 6.87. The number of rotatable bonds is 6. The van der Waals surface area contributed by atoms with E-state index >= 15 is 0 Å². The third kappa shape index (κ3) is 5.89. The molecule has 94 valence electrons. The molecule has 0 aromatic heterocycles. The Morgan fingerprint density at radius 1 is 1.25 bits per heavy atom. The maximum absolute atomic E-state index is 11.3. The molecule has 0 aliphatic carbocycles. The number of carbonyl (C=O) groups excluding carboxylic acids is 1. The summed E-state index contributed by atoms with van der Waals surface area (Å²) in [5.74, 6) is 0. The Labute approximate surface area is 96.5 Å². The number of hydrogen-bond acceptors (Lipinski definition) is 4. The van der Waals surface area contributed by atoms with E-state index in [4.69, 9.17) is 10.5 Å². The van der Waals surface area contributed by atoms with Gasteiger partial charge in [-0.2, -0.15) is 0 Å². The van der Waals surface area contributed by atoms with Crippen molar-refractivity contribution in [2.45, 2.75) is 6.42 Å². The fraction of sp³-hybridized carbons (Fsp3) is 0.900. The van der Waals surface area contributed by atoms with Crippen LogP contribution in [0.1, 0.15) is 6.42 Å². The number of nitrogens with one attached hydrogen (secondary N) is 2. The molecule has 0 aromatic carbocycles. The first kappa shape index (κ1) is 13.2. The number of morpholine rings is 1. The van der Waals surface area contributed by atoms with Gasteiger partial charge in [-0.05, 0) is 13.0 Å². The van der Waals surface area contributed by atoms with Crippen LogP contribution in [0.2, 0.25) is 0 Å². The molecular weight excluding hydrogens is 208 g/mol. The normalized spacial score (nSPS) is 17.1. The molecule has 1 heterocycles. The van der Waals surface area contributed by atoms with Gasteiger partial charge in [0, 0.05) is 32.7 Å². The predicted octanol–water partition coefficient (Wildman–Crippen LogP) is -1.03. The van der Waals surface area contributed by atoms with Gasteiger partial charge in [-0.25, -0.2) is 4.79 Å². The Morgan fingerprint density at radius 2 is 1.94 bits per heavy atom. The van der Waals surface area contributed by atoms with Crippen molar-refractivity contribution in [2.24, 2.45) is 5.73 Å². The summed E-state index contributed by atoms with van der Waals surface area (Å²) in [6.45, 7) is 6.30. The van der Waals surface area contributed by atoms with Crippen molar-refractivity contribution in [3.8, 4) is 0 Å². The van der Waals surface area contributed by atoms with E-state index in [-0.39, 0.29) is 6.03 Å². The third-order valence-corrected chi connectivity index (χ3v) is 2.48. The number of amides is 2. The zero-order valence-electron chi connectivity index (χ0n) is 9.71. The Hall–Kier alpha value is -0.850. The van der Waals surface area contributed by atoms with Gasteiger partial charge >= 0.3 is 6.03 Å². The minimum absolute atomic E-state index is 0.110. The molecule has 1 rings (SSSR count). The average molecular weight is 230 g/mol. The SMILES string of the molecule is NCCCNC(=O)NCCN1CCOCC1. The molecule has 0 atom stereocenters. The summed E-state index contributed by atoms with van der Waals surface area (Å²) in [4.78, 5) is 13.5. The molecule has 0 saturated carbocycles. The van der Waals surface area contributed by atoms with Crippen LogP contribution < -0.4 is 16.4 Å². The average Bonchev–Trinajstić information content (AvgIpc) is 2.31. The van der Waals surface area contributed by atoms with Crippen molar-refractivity contribution in [1.82, 2.24) is 15.5 Å². The molecule has 0 unspecified atom stereocenters. The van der Waals surface area contributed by atoms with E-state index in [0.717, 1.165) is 39.3 Å². The predicted molar refractivity (Wildman–Crippen MR) is 62.3 cm³/mol. The smallest absolute Gasteiger partial charge is 0.314 e. The van der Waals surface area contributed by atoms with Gasteiger partial charge in [0.25, 0.3) is 0 Å². The van der Waals surface area contributed by atoms with E-state index in [1.807, 2.05) is 0 Å². The van der Waals surface area contributed by atoms with E-state index in [1.54, 1.807) is 0 Å². The highest BCUT2D eigenvalue weighted by atomic mass is 16.5. The van der Waals surface area contributed by atoms with E-state index < -0.39 is 0 Å². The van der Waals surface area contributed by atoms with Crippen molar-refractivity contribution in [3.63, 3.8) is 0 Å². The quantitative estimate of drug-likeness (QED) is 0.510. The molecule has 4 N–H and O–H groups in total. The number of nitrogens with zero attached hydrogens (tertiary/aromatic N) is 1. The van der Waals surface area contributed by atoms with Gasteiger partial charge in [-0.3, -0.25) is 4.90 Å². The fourth-order valence-corrected chi connectivity index (χ4v) is 1.52. The lowest BCUT2D eigenvalue weighted by Crippen LogP contribution is -2.44. The molecule has 0 spiro atoms. The van der Waals surface area contributed by atoms with Gasteiger partial charge in [0.05, 0.1) is 13.2 Å². The Bertz CT molecular complexity index is 195.